The Morgan fingerprint density at radius 1 is 1.44 bits per heavy atom. The summed E-state index contributed by atoms with van der Waals surface area (Å²) in [5.41, 5.74) is 0. The van der Waals surface area contributed by atoms with Crippen LogP contribution in [0.1, 0.15) is 33.1 Å². The third-order valence-electron chi connectivity index (χ3n) is 2.65. The molecule has 18 heavy (non-hydrogen) atoms. The minimum absolute atomic E-state index is 0.124. The molecule has 0 saturated carbocycles. The van der Waals surface area contributed by atoms with Crippen molar-refractivity contribution in [2.45, 2.75) is 38.4 Å². The normalized spacial score (nSPS) is 19.4. The first kappa shape index (κ1) is 15.0. The number of amides is 2. The second-order valence-corrected chi connectivity index (χ2v) is 5.24. The third-order valence-corrected chi connectivity index (χ3v) is 3.82. The predicted molar refractivity (Wildman–Crippen MR) is 69.1 cm³/mol. The summed E-state index contributed by atoms with van der Waals surface area (Å²) in [6.45, 7) is 4.57. The van der Waals surface area contributed by atoms with Crippen molar-refractivity contribution >= 4 is 29.5 Å². The fourth-order valence-electron chi connectivity index (χ4n) is 1.71. The first-order valence-electron chi connectivity index (χ1n) is 6.21. The maximum atomic E-state index is 11.9. The average molecular weight is 273 g/mol. The van der Waals surface area contributed by atoms with Gasteiger partial charge in [-0.1, -0.05) is 13.3 Å². The van der Waals surface area contributed by atoms with E-state index in [2.05, 4.69) is 0 Å². The molecule has 2 amide bonds. The quantitative estimate of drug-likeness (QED) is 0.515. The van der Waals surface area contributed by atoms with E-state index < -0.39 is 5.25 Å². The second kappa shape index (κ2) is 7.41. The Bertz CT molecular complexity index is 332. The van der Waals surface area contributed by atoms with E-state index in [4.69, 9.17) is 4.74 Å². The topological polar surface area (TPSA) is 63.7 Å². The predicted octanol–water partition coefficient (Wildman–Crippen LogP) is 1.21. The van der Waals surface area contributed by atoms with Gasteiger partial charge in [0, 0.05) is 13.0 Å². The zero-order valence-corrected chi connectivity index (χ0v) is 11.6. The molecule has 0 aromatic carbocycles. The molecule has 1 fully saturated rings. The molecule has 0 aromatic heterocycles. The van der Waals surface area contributed by atoms with Crippen LogP contribution in [0, 0.1) is 0 Å². The molecule has 1 aliphatic rings. The van der Waals surface area contributed by atoms with Crippen molar-refractivity contribution in [3.8, 4) is 0 Å². The molecule has 0 aromatic rings. The minimum atomic E-state index is -0.418. The van der Waals surface area contributed by atoms with Gasteiger partial charge in [0.1, 0.15) is 0 Å². The van der Waals surface area contributed by atoms with E-state index in [0.717, 1.165) is 12.8 Å². The second-order valence-electron chi connectivity index (χ2n) is 4.05. The number of esters is 1. The Hall–Kier alpha value is -1.04. The number of thioether (sulfide) groups is 1. The highest BCUT2D eigenvalue weighted by molar-refractivity contribution is 8.01. The van der Waals surface area contributed by atoms with E-state index in [0.29, 0.717) is 13.2 Å². The van der Waals surface area contributed by atoms with Gasteiger partial charge in [0.25, 0.3) is 0 Å². The molecule has 6 heteroatoms. The van der Waals surface area contributed by atoms with Gasteiger partial charge in [0.15, 0.2) is 0 Å². The van der Waals surface area contributed by atoms with Crippen molar-refractivity contribution < 1.29 is 19.1 Å². The molecule has 0 bridgehead atoms. The van der Waals surface area contributed by atoms with Gasteiger partial charge in [-0.05, 0) is 13.3 Å². The average Bonchev–Trinajstić information content (AvgIpc) is 2.60. The fourth-order valence-corrected chi connectivity index (χ4v) is 2.66. The van der Waals surface area contributed by atoms with Crippen LogP contribution in [0.3, 0.4) is 0 Å². The van der Waals surface area contributed by atoms with Gasteiger partial charge >= 0.3 is 5.97 Å². The van der Waals surface area contributed by atoms with Crippen molar-refractivity contribution in [1.82, 2.24) is 4.90 Å². The van der Waals surface area contributed by atoms with Gasteiger partial charge in [0.2, 0.25) is 11.8 Å². The van der Waals surface area contributed by atoms with Crippen LogP contribution in [-0.4, -0.2) is 46.8 Å². The molecule has 1 unspecified atom stereocenters. The first-order valence-corrected chi connectivity index (χ1v) is 7.26. The Morgan fingerprint density at radius 3 is 2.78 bits per heavy atom. The SMILES string of the molecule is CCCCN1C(=O)CC(SCC(=O)OCC)C1=O. The monoisotopic (exact) mass is 273 g/mol. The lowest BCUT2D eigenvalue weighted by atomic mass is 10.3. The van der Waals surface area contributed by atoms with Crippen LogP contribution in [0.25, 0.3) is 0 Å². The lowest BCUT2D eigenvalue weighted by molar-refractivity contribution is -0.140. The summed E-state index contributed by atoms with van der Waals surface area (Å²) in [5, 5.41) is -0.418. The van der Waals surface area contributed by atoms with E-state index >= 15 is 0 Å². The first-order chi connectivity index (χ1) is 8.60. The molecule has 1 rings (SSSR count). The molecule has 102 valence electrons. The number of unbranched alkanes of at least 4 members (excludes halogenated alkanes) is 1. The Kier molecular flexibility index (Phi) is 6.18. The largest absolute Gasteiger partial charge is 0.465 e. The fraction of sp³-hybridized carbons (Fsp3) is 0.750. The van der Waals surface area contributed by atoms with E-state index in [9.17, 15) is 14.4 Å². The summed E-state index contributed by atoms with van der Waals surface area (Å²) in [7, 11) is 0. The van der Waals surface area contributed by atoms with Crippen molar-refractivity contribution in [2.75, 3.05) is 18.9 Å². The van der Waals surface area contributed by atoms with Gasteiger partial charge < -0.3 is 4.74 Å². The summed E-state index contributed by atoms with van der Waals surface area (Å²) in [4.78, 5) is 36.1. The van der Waals surface area contributed by atoms with Gasteiger partial charge in [-0.15, -0.1) is 11.8 Å². The van der Waals surface area contributed by atoms with Crippen LogP contribution in [0.15, 0.2) is 0 Å². The molecule has 0 spiro atoms. The zero-order chi connectivity index (χ0) is 13.5. The highest BCUT2D eigenvalue weighted by Crippen LogP contribution is 2.25. The molecule has 0 N–H and O–H groups in total. The van der Waals surface area contributed by atoms with Gasteiger partial charge in [-0.2, -0.15) is 0 Å². The van der Waals surface area contributed by atoms with Crippen molar-refractivity contribution in [1.29, 1.82) is 0 Å². The summed E-state index contributed by atoms with van der Waals surface area (Å²) < 4.78 is 4.79. The number of ether oxygens (including phenoxy) is 1. The van der Waals surface area contributed by atoms with E-state index in [1.165, 1.54) is 16.7 Å². The number of hydrogen-bond donors (Lipinski definition) is 0. The standard InChI is InChI=1S/C12H19NO4S/c1-3-5-6-13-10(14)7-9(12(13)16)18-8-11(15)17-4-2/h9H,3-8H2,1-2H3. The zero-order valence-electron chi connectivity index (χ0n) is 10.8. The molecule has 1 aliphatic heterocycles. The minimum Gasteiger partial charge on any atom is -0.465 e. The van der Waals surface area contributed by atoms with Gasteiger partial charge in [-0.25, -0.2) is 0 Å². The van der Waals surface area contributed by atoms with Gasteiger partial charge in [-0.3, -0.25) is 19.3 Å². The molecule has 1 saturated heterocycles. The molecule has 1 atom stereocenters. The molecule has 5 nitrogen and oxygen atoms in total. The highest BCUT2D eigenvalue weighted by atomic mass is 32.2. The summed E-state index contributed by atoms with van der Waals surface area (Å²) in [5.74, 6) is -0.508. The Labute approximate surface area is 111 Å². The molecule has 0 radical (unpaired) electrons. The number of carbonyl (C=O) groups excluding carboxylic acids is 3. The van der Waals surface area contributed by atoms with E-state index in [-0.39, 0.29) is 30.0 Å². The number of likely N-dealkylation sites (tertiary alicyclic amines) is 1. The maximum absolute atomic E-state index is 11.9. The lowest BCUT2D eigenvalue weighted by Gasteiger charge is -2.13. The number of carbonyl (C=O) groups is 3. The van der Waals surface area contributed by atoms with Crippen molar-refractivity contribution in [3.63, 3.8) is 0 Å². The Morgan fingerprint density at radius 2 is 2.17 bits per heavy atom. The van der Waals surface area contributed by atoms with Crippen molar-refractivity contribution in [3.05, 3.63) is 0 Å². The number of nitrogens with zero attached hydrogens (tertiary/aromatic N) is 1. The van der Waals surface area contributed by atoms with E-state index in [1.807, 2.05) is 6.92 Å². The maximum Gasteiger partial charge on any atom is 0.315 e. The van der Waals surface area contributed by atoms with Crippen LogP contribution >= 0.6 is 11.8 Å². The van der Waals surface area contributed by atoms with Gasteiger partial charge in [0.05, 0.1) is 17.6 Å². The summed E-state index contributed by atoms with van der Waals surface area (Å²) >= 11 is 1.19. The number of hydrogen-bond acceptors (Lipinski definition) is 5. The third kappa shape index (κ3) is 4.01. The lowest BCUT2D eigenvalue weighted by Crippen LogP contribution is -2.32. The molecule has 1 heterocycles. The smallest absolute Gasteiger partial charge is 0.315 e. The molecular weight excluding hydrogens is 254 g/mol. The molecular formula is C12H19NO4S. The van der Waals surface area contributed by atoms with Crippen LogP contribution in [0.5, 0.6) is 0 Å². The molecule has 0 aliphatic carbocycles. The summed E-state index contributed by atoms with van der Waals surface area (Å²) in [6.07, 6.45) is 1.97. The number of imide groups is 1. The van der Waals surface area contributed by atoms with Crippen molar-refractivity contribution in [2.24, 2.45) is 0 Å². The van der Waals surface area contributed by atoms with Crippen LogP contribution in [-0.2, 0) is 19.1 Å². The van der Waals surface area contributed by atoms with Crippen LogP contribution in [0.4, 0.5) is 0 Å². The Balaban J connectivity index is 2.42. The van der Waals surface area contributed by atoms with E-state index in [1.54, 1.807) is 6.92 Å². The van der Waals surface area contributed by atoms with Crippen LogP contribution < -0.4 is 0 Å². The highest BCUT2D eigenvalue weighted by Gasteiger charge is 2.38. The summed E-state index contributed by atoms with van der Waals surface area (Å²) in [6, 6.07) is 0. The number of rotatable bonds is 7. The van der Waals surface area contributed by atoms with Crippen LogP contribution in [0.2, 0.25) is 0 Å².